The fourth-order valence-corrected chi connectivity index (χ4v) is 9.81. The molecule has 3 saturated heterocycles. The maximum atomic E-state index is 14.3. The molecule has 4 N–H and O–H groups in total. The van der Waals surface area contributed by atoms with Crippen LogP contribution in [0.5, 0.6) is 0 Å². The Labute approximate surface area is 402 Å². The molecule has 360 valence electrons. The van der Waals surface area contributed by atoms with E-state index in [0.717, 1.165) is 27.3 Å². The predicted molar refractivity (Wildman–Crippen MR) is 254 cm³/mol. The van der Waals surface area contributed by atoms with E-state index in [0.29, 0.717) is 48.9 Å². The van der Waals surface area contributed by atoms with E-state index in [1.807, 2.05) is 50.2 Å². The third-order valence-corrected chi connectivity index (χ3v) is 13.9. The number of aliphatic hydroxyl groups excluding tert-OH is 1. The number of β-amino-alcohol motifs (C(OH)–C–C–N with tert-alkyl or cyclic N) is 1. The average molecular weight is 961 g/mol. The van der Waals surface area contributed by atoms with E-state index < -0.39 is 59.8 Å². The highest BCUT2D eigenvalue weighted by Crippen LogP contribution is 2.36. The van der Waals surface area contributed by atoms with Crippen LogP contribution in [0.1, 0.15) is 109 Å². The number of nitriles is 1. The van der Waals surface area contributed by atoms with Crippen molar-refractivity contribution in [2.24, 2.45) is 5.41 Å². The number of benzene rings is 1. The Morgan fingerprint density at radius 1 is 0.942 bits per heavy atom. The summed E-state index contributed by atoms with van der Waals surface area (Å²) in [5, 5.41) is 37.1. The van der Waals surface area contributed by atoms with Crippen LogP contribution in [0, 0.1) is 23.7 Å². The number of aromatic nitrogens is 5. The lowest BCUT2D eigenvalue weighted by atomic mass is 9.85. The number of anilines is 3. The number of aryl methyl sites for hydroxylation is 1. The summed E-state index contributed by atoms with van der Waals surface area (Å²) >= 11 is 1.55. The van der Waals surface area contributed by atoms with Crippen molar-refractivity contribution < 1.29 is 33.1 Å². The molecule has 3 aliphatic heterocycles. The number of aliphatic hydroxyl groups is 1. The summed E-state index contributed by atoms with van der Waals surface area (Å²) < 4.78 is 28.6. The molecule has 0 aliphatic carbocycles. The molecule has 20 heteroatoms. The van der Waals surface area contributed by atoms with Gasteiger partial charge in [0.2, 0.25) is 11.8 Å². The molecule has 17 nitrogen and oxygen atoms in total. The van der Waals surface area contributed by atoms with Gasteiger partial charge in [-0.2, -0.15) is 5.26 Å². The third kappa shape index (κ3) is 11.2. The smallest absolute Gasteiger partial charge is 0.274 e. The first kappa shape index (κ1) is 48.5. The first-order valence-corrected chi connectivity index (χ1v) is 23.7. The number of thiazole rings is 1. The molecule has 7 heterocycles. The van der Waals surface area contributed by atoms with Crippen LogP contribution in [0.4, 0.5) is 26.2 Å². The van der Waals surface area contributed by atoms with E-state index in [1.54, 1.807) is 59.6 Å². The normalized spacial score (nSPS) is 19.1. The lowest BCUT2D eigenvalue weighted by molar-refractivity contribution is -0.142. The number of hydrogen-bond acceptors (Lipinski definition) is 14. The molecule has 5 aromatic rings. The SMILES string of the molecule is Cc1ncsc1-c1ccc([C@H](C)NC(=O)[C@@H]2C[C@@H](O)CN2C(=O)[C@@H](NC(=O)c2ccc(C(=O)N3CCC(c4cc(Nc5cc(C#N)ccn5)nc(N5CCC(F)(F)C5)c4)CC3)nn2)C(C)(C)C)cc1. The second kappa shape index (κ2) is 19.9. The van der Waals surface area contributed by atoms with Gasteiger partial charge in [-0.15, -0.1) is 21.5 Å². The molecular formula is C49H54F2N12O5S. The first-order chi connectivity index (χ1) is 32.8. The van der Waals surface area contributed by atoms with Crippen LogP contribution in [0.3, 0.4) is 0 Å². The number of nitrogens with zero attached hydrogens (tertiary/aromatic N) is 9. The molecule has 8 rings (SSSR count). The Kier molecular flexibility index (Phi) is 14.0. The summed E-state index contributed by atoms with van der Waals surface area (Å²) in [4.78, 5) is 74.2. The van der Waals surface area contributed by atoms with Crippen molar-refractivity contribution in [3.63, 3.8) is 0 Å². The maximum absolute atomic E-state index is 14.3. The zero-order valence-corrected chi connectivity index (χ0v) is 39.8. The minimum Gasteiger partial charge on any atom is -0.391 e. The molecule has 4 amide bonds. The Balaban J connectivity index is 0.888. The standard InChI is InChI=1S/C49H54F2N12O5S/c1-28(31-6-8-33(9-7-31)42-29(2)54-27-69-42)55-45(66)38-23-35(64)25-63(38)47(68)43(48(3,4)5)58-44(65)36-10-11-37(60-59-36)46(67)61-17-13-32(14-18-61)34-21-40(56-39-20-30(24-52)12-16-53-39)57-41(22-34)62-19-15-49(50,51)26-62/h6-12,16,20-22,27-28,32,35,38,43,64H,13-15,17-19,23,25-26H2,1-5H3,(H,55,66)(H,58,65)(H,53,56,57)/t28-,35+,38-,43+/m0/s1. The van der Waals surface area contributed by atoms with Crippen molar-refractivity contribution in [1.82, 2.24) is 45.6 Å². The van der Waals surface area contributed by atoms with E-state index in [2.05, 4.69) is 47.2 Å². The number of amides is 4. The molecule has 0 radical (unpaired) electrons. The van der Waals surface area contributed by atoms with E-state index in [4.69, 9.17) is 0 Å². The number of piperidine rings is 1. The van der Waals surface area contributed by atoms with Crippen LogP contribution in [0.25, 0.3) is 10.4 Å². The predicted octanol–water partition coefficient (Wildman–Crippen LogP) is 6.16. The van der Waals surface area contributed by atoms with Crippen molar-refractivity contribution in [3.05, 3.63) is 106 Å². The average Bonchev–Trinajstić information content (AvgIpc) is 4.06. The summed E-state index contributed by atoms with van der Waals surface area (Å²) in [6.45, 7) is 9.45. The van der Waals surface area contributed by atoms with Gasteiger partial charge in [0.15, 0.2) is 11.4 Å². The number of carbonyl (C=O) groups excluding carboxylic acids is 4. The fraction of sp³-hybridized carbons (Fsp3) is 0.429. The van der Waals surface area contributed by atoms with Crippen molar-refractivity contribution >= 4 is 52.4 Å². The van der Waals surface area contributed by atoms with Gasteiger partial charge in [0, 0.05) is 45.2 Å². The van der Waals surface area contributed by atoms with E-state index in [1.165, 1.54) is 23.2 Å². The number of pyridine rings is 2. The van der Waals surface area contributed by atoms with Gasteiger partial charge in [0.25, 0.3) is 17.7 Å². The molecule has 0 saturated carbocycles. The van der Waals surface area contributed by atoms with Crippen LogP contribution < -0.4 is 20.9 Å². The van der Waals surface area contributed by atoms with E-state index >= 15 is 0 Å². The minimum absolute atomic E-state index is 0.0215. The van der Waals surface area contributed by atoms with Gasteiger partial charge in [-0.25, -0.2) is 23.7 Å². The number of rotatable bonds is 12. The second-order valence-corrected chi connectivity index (χ2v) is 19.9. The van der Waals surface area contributed by atoms with Crippen LogP contribution in [-0.4, -0.2) is 121 Å². The number of alkyl halides is 2. The molecule has 3 aliphatic rings. The van der Waals surface area contributed by atoms with Crippen LogP contribution in [0.15, 0.2) is 72.4 Å². The van der Waals surface area contributed by atoms with Crippen molar-refractivity contribution in [1.29, 1.82) is 5.26 Å². The topological polar surface area (TPSA) is 223 Å². The Bertz CT molecular complexity index is 2750. The van der Waals surface area contributed by atoms with Crippen molar-refractivity contribution in [3.8, 4) is 16.5 Å². The minimum atomic E-state index is -2.83. The zero-order chi connectivity index (χ0) is 49.2. The summed E-state index contributed by atoms with van der Waals surface area (Å²) in [6.07, 6.45) is 1.41. The van der Waals surface area contributed by atoms with E-state index in [-0.39, 0.29) is 49.1 Å². The summed E-state index contributed by atoms with van der Waals surface area (Å²) in [6, 6.07) is 17.0. The Morgan fingerprint density at radius 3 is 2.30 bits per heavy atom. The summed E-state index contributed by atoms with van der Waals surface area (Å²) in [7, 11) is 0. The maximum Gasteiger partial charge on any atom is 0.274 e. The number of halogens is 2. The highest BCUT2D eigenvalue weighted by atomic mass is 32.1. The molecule has 1 aromatic carbocycles. The van der Waals surface area contributed by atoms with Gasteiger partial charge in [0.05, 0.1) is 46.4 Å². The zero-order valence-electron chi connectivity index (χ0n) is 38.9. The Morgan fingerprint density at radius 2 is 1.67 bits per heavy atom. The molecule has 4 aromatic heterocycles. The van der Waals surface area contributed by atoms with Crippen LogP contribution in [-0.2, 0) is 9.59 Å². The lowest BCUT2D eigenvalue weighted by Crippen LogP contribution is -2.58. The molecule has 0 spiro atoms. The lowest BCUT2D eigenvalue weighted by Gasteiger charge is -2.35. The molecule has 0 unspecified atom stereocenters. The van der Waals surface area contributed by atoms with Crippen LogP contribution in [0.2, 0.25) is 0 Å². The quantitative estimate of drug-likeness (QED) is 0.110. The second-order valence-electron chi connectivity index (χ2n) is 19.0. The Hall–Kier alpha value is -6.98. The van der Waals surface area contributed by atoms with Gasteiger partial charge in [0.1, 0.15) is 29.5 Å². The highest BCUT2D eigenvalue weighted by Gasteiger charge is 2.45. The molecule has 0 bridgehead atoms. The van der Waals surface area contributed by atoms with Gasteiger partial charge < -0.3 is 35.8 Å². The number of carbonyl (C=O) groups is 4. The number of nitrogens with one attached hydrogen (secondary N) is 3. The van der Waals surface area contributed by atoms with Gasteiger partial charge >= 0.3 is 0 Å². The monoisotopic (exact) mass is 960 g/mol. The molecule has 3 fully saturated rings. The number of hydrogen-bond donors (Lipinski definition) is 4. The first-order valence-electron chi connectivity index (χ1n) is 22.9. The summed E-state index contributed by atoms with van der Waals surface area (Å²) in [5.41, 5.74) is 4.93. The third-order valence-electron chi connectivity index (χ3n) is 12.9. The molecular weight excluding hydrogens is 907 g/mol. The molecule has 4 atom stereocenters. The van der Waals surface area contributed by atoms with Crippen molar-refractivity contribution in [2.75, 3.05) is 42.9 Å². The number of likely N-dealkylation sites (tertiary alicyclic amines) is 2. The molecule has 69 heavy (non-hydrogen) atoms. The van der Waals surface area contributed by atoms with Gasteiger partial charge in [-0.05, 0) is 91.1 Å². The van der Waals surface area contributed by atoms with Gasteiger partial charge in [-0.3, -0.25) is 19.2 Å². The van der Waals surface area contributed by atoms with Gasteiger partial charge in [-0.1, -0.05) is 45.0 Å². The van der Waals surface area contributed by atoms with E-state index in [9.17, 15) is 38.3 Å². The fourth-order valence-electron chi connectivity index (χ4n) is 9.00. The van der Waals surface area contributed by atoms with Crippen LogP contribution >= 0.6 is 11.3 Å². The summed E-state index contributed by atoms with van der Waals surface area (Å²) in [5.74, 6) is -3.76. The van der Waals surface area contributed by atoms with Crippen molar-refractivity contribution in [2.45, 2.75) is 96.4 Å². The largest absolute Gasteiger partial charge is 0.391 e. The highest BCUT2D eigenvalue weighted by molar-refractivity contribution is 7.13.